The van der Waals surface area contributed by atoms with Crippen molar-refractivity contribution >= 4 is 44.9 Å². The molecule has 1 aromatic carbocycles. The molecule has 3 aromatic rings. The van der Waals surface area contributed by atoms with Gasteiger partial charge in [0.25, 0.3) is 0 Å². The van der Waals surface area contributed by atoms with Gasteiger partial charge in [0.2, 0.25) is 5.91 Å². The van der Waals surface area contributed by atoms with E-state index in [0.717, 1.165) is 20.9 Å². The van der Waals surface area contributed by atoms with Crippen LogP contribution in [-0.2, 0) is 4.79 Å². The van der Waals surface area contributed by atoms with Crippen LogP contribution in [0, 0.1) is 25.2 Å². The van der Waals surface area contributed by atoms with Crippen LogP contribution >= 0.6 is 23.1 Å². The summed E-state index contributed by atoms with van der Waals surface area (Å²) in [5.41, 5.74) is 1.97. The highest BCUT2D eigenvalue weighted by Crippen LogP contribution is 2.36. The van der Waals surface area contributed by atoms with Crippen LogP contribution in [-0.4, -0.2) is 27.7 Å². The van der Waals surface area contributed by atoms with Crippen LogP contribution in [0.1, 0.15) is 23.8 Å². The maximum absolute atomic E-state index is 13.1. The third-order valence-electron chi connectivity index (χ3n) is 4.35. The van der Waals surface area contributed by atoms with Crippen molar-refractivity contribution in [3.8, 4) is 6.07 Å². The van der Waals surface area contributed by atoms with Crippen LogP contribution in [0.5, 0.6) is 0 Å². The Kier molecular flexibility index (Phi) is 6.09. The first-order chi connectivity index (χ1) is 13.0. The summed E-state index contributed by atoms with van der Waals surface area (Å²) in [5.74, 6) is -0.0298. The summed E-state index contributed by atoms with van der Waals surface area (Å²) in [6.45, 7) is 6.40. The van der Waals surface area contributed by atoms with Crippen LogP contribution in [0.3, 0.4) is 0 Å². The average Bonchev–Trinajstić information content (AvgIpc) is 2.97. The van der Waals surface area contributed by atoms with Crippen LogP contribution in [0.25, 0.3) is 10.2 Å². The molecule has 1 atom stereocenters. The van der Waals surface area contributed by atoms with E-state index in [1.165, 1.54) is 22.2 Å². The van der Waals surface area contributed by atoms with Crippen molar-refractivity contribution in [3.63, 3.8) is 0 Å². The first-order valence-corrected chi connectivity index (χ1v) is 10.3. The first-order valence-electron chi connectivity index (χ1n) is 8.63. The topological polar surface area (TPSA) is 69.9 Å². The van der Waals surface area contributed by atoms with Crippen LogP contribution in [0.15, 0.2) is 41.7 Å². The Morgan fingerprint density at radius 3 is 2.74 bits per heavy atom. The minimum atomic E-state index is -0.332. The summed E-state index contributed by atoms with van der Waals surface area (Å²) in [5, 5.41) is 10.5. The van der Waals surface area contributed by atoms with Gasteiger partial charge in [-0.05, 0) is 38.5 Å². The number of anilines is 1. The summed E-state index contributed by atoms with van der Waals surface area (Å²) < 4.78 is 0. The maximum atomic E-state index is 13.1. The zero-order chi connectivity index (χ0) is 19.4. The smallest absolute Gasteiger partial charge is 0.240 e. The average molecular weight is 397 g/mol. The molecule has 0 spiro atoms. The molecule has 0 aliphatic carbocycles. The second kappa shape index (κ2) is 8.51. The molecule has 0 radical (unpaired) electrons. The minimum absolute atomic E-state index is 0.0298. The monoisotopic (exact) mass is 396 g/mol. The standard InChI is InChI=1S/C20H20N4OS2/c1-13-14(2)26-18-17(13)19(23-12-22-18)27-15(3)20(25)24(11-7-10-21)16-8-5-4-6-9-16/h4-6,8-9,12,15H,7,11H2,1-3H3/t15-/m1/s1. The molecule has 3 rings (SSSR count). The van der Waals surface area contributed by atoms with Crippen molar-refractivity contribution < 1.29 is 4.79 Å². The third kappa shape index (κ3) is 4.12. The number of fused-ring (bicyclic) bond motifs is 1. The largest absolute Gasteiger partial charge is 0.310 e. The molecular weight excluding hydrogens is 376 g/mol. The van der Waals surface area contributed by atoms with Crippen molar-refractivity contribution in [3.05, 3.63) is 47.1 Å². The molecule has 0 aliphatic rings. The molecule has 0 fully saturated rings. The number of amides is 1. The lowest BCUT2D eigenvalue weighted by atomic mass is 10.2. The number of hydrogen-bond acceptors (Lipinski definition) is 6. The fraction of sp³-hybridized carbons (Fsp3) is 0.300. The highest BCUT2D eigenvalue weighted by atomic mass is 32.2. The van der Waals surface area contributed by atoms with E-state index in [1.807, 2.05) is 37.3 Å². The molecule has 27 heavy (non-hydrogen) atoms. The summed E-state index contributed by atoms with van der Waals surface area (Å²) in [6.07, 6.45) is 1.85. The number of carbonyl (C=O) groups is 1. The van der Waals surface area contributed by atoms with Crippen molar-refractivity contribution in [2.45, 2.75) is 37.5 Å². The lowest BCUT2D eigenvalue weighted by Crippen LogP contribution is -2.37. The van der Waals surface area contributed by atoms with Gasteiger partial charge < -0.3 is 4.90 Å². The van der Waals surface area contributed by atoms with Gasteiger partial charge in [-0.25, -0.2) is 9.97 Å². The first kappa shape index (κ1) is 19.3. The summed E-state index contributed by atoms with van der Waals surface area (Å²) in [7, 11) is 0. The van der Waals surface area contributed by atoms with E-state index in [1.54, 1.807) is 22.6 Å². The van der Waals surface area contributed by atoms with Gasteiger partial charge in [-0.2, -0.15) is 5.26 Å². The molecule has 138 valence electrons. The molecule has 0 N–H and O–H groups in total. The predicted octanol–water partition coefficient (Wildman–Crippen LogP) is 4.74. The van der Waals surface area contributed by atoms with Gasteiger partial charge in [0.1, 0.15) is 16.2 Å². The van der Waals surface area contributed by atoms with Crippen LogP contribution in [0.4, 0.5) is 5.69 Å². The van der Waals surface area contributed by atoms with Crippen molar-refractivity contribution in [1.82, 2.24) is 9.97 Å². The Hall–Kier alpha value is -2.43. The van der Waals surface area contributed by atoms with Crippen LogP contribution in [0.2, 0.25) is 0 Å². The molecule has 0 saturated heterocycles. The fourth-order valence-electron chi connectivity index (χ4n) is 2.81. The predicted molar refractivity (Wildman–Crippen MR) is 111 cm³/mol. The highest BCUT2D eigenvalue weighted by Gasteiger charge is 2.24. The second-order valence-corrected chi connectivity index (χ2v) is 8.67. The lowest BCUT2D eigenvalue weighted by molar-refractivity contribution is -0.117. The molecule has 1 amide bonds. The summed E-state index contributed by atoms with van der Waals surface area (Å²) >= 11 is 3.09. The maximum Gasteiger partial charge on any atom is 0.240 e. The molecule has 2 aromatic heterocycles. The number of thiophene rings is 1. The quantitative estimate of drug-likeness (QED) is 0.445. The molecule has 0 saturated carbocycles. The SMILES string of the molecule is Cc1sc2ncnc(S[C@H](C)C(=O)N(CCC#N)c3ccccc3)c2c1C. The Labute approximate surface area is 167 Å². The lowest BCUT2D eigenvalue weighted by Gasteiger charge is -2.25. The van der Waals surface area contributed by atoms with Crippen LogP contribution < -0.4 is 4.90 Å². The molecule has 2 heterocycles. The molecule has 0 aliphatic heterocycles. The second-order valence-electron chi connectivity index (χ2n) is 6.14. The zero-order valence-corrected chi connectivity index (χ0v) is 17.1. The summed E-state index contributed by atoms with van der Waals surface area (Å²) in [4.78, 5) is 25.8. The Morgan fingerprint density at radius 2 is 2.04 bits per heavy atom. The zero-order valence-electron chi connectivity index (χ0n) is 15.5. The number of hydrogen-bond donors (Lipinski definition) is 0. The van der Waals surface area contributed by atoms with Crippen molar-refractivity contribution in [2.75, 3.05) is 11.4 Å². The van der Waals surface area contributed by atoms with Crippen molar-refractivity contribution in [1.29, 1.82) is 5.26 Å². The van der Waals surface area contributed by atoms with Gasteiger partial charge in [0.05, 0.1) is 17.7 Å². The van der Waals surface area contributed by atoms with Gasteiger partial charge >= 0.3 is 0 Å². The molecule has 5 nitrogen and oxygen atoms in total. The number of rotatable bonds is 6. The van der Waals surface area contributed by atoms with E-state index in [0.29, 0.717) is 13.0 Å². The normalized spacial score (nSPS) is 11.9. The van der Waals surface area contributed by atoms with E-state index in [2.05, 4.69) is 29.9 Å². The van der Waals surface area contributed by atoms with Gasteiger partial charge in [-0.1, -0.05) is 30.0 Å². The molecule has 0 bridgehead atoms. The number of benzene rings is 1. The van der Waals surface area contributed by atoms with E-state index < -0.39 is 0 Å². The molecular formula is C20H20N4OS2. The number of aryl methyl sites for hydroxylation is 2. The van der Waals surface area contributed by atoms with E-state index in [9.17, 15) is 4.79 Å². The van der Waals surface area contributed by atoms with Gasteiger partial charge in [-0.15, -0.1) is 11.3 Å². The van der Waals surface area contributed by atoms with Crippen molar-refractivity contribution in [2.24, 2.45) is 0 Å². The number of aromatic nitrogens is 2. The molecule has 7 heteroatoms. The third-order valence-corrected chi connectivity index (χ3v) is 6.55. The Bertz CT molecular complexity index is 994. The Balaban J connectivity index is 1.87. The summed E-state index contributed by atoms with van der Waals surface area (Å²) in [6, 6.07) is 11.6. The van der Waals surface area contributed by atoms with E-state index >= 15 is 0 Å². The number of nitriles is 1. The molecule has 0 unspecified atom stereocenters. The number of nitrogens with zero attached hydrogens (tertiary/aromatic N) is 4. The number of thioether (sulfide) groups is 1. The van der Waals surface area contributed by atoms with Gasteiger partial charge in [0, 0.05) is 22.5 Å². The fourth-order valence-corrected chi connectivity index (χ4v) is 4.91. The van der Waals surface area contributed by atoms with E-state index in [-0.39, 0.29) is 11.2 Å². The minimum Gasteiger partial charge on any atom is -0.310 e. The Morgan fingerprint density at radius 1 is 1.30 bits per heavy atom. The van der Waals surface area contributed by atoms with E-state index in [4.69, 9.17) is 5.26 Å². The number of carbonyl (C=O) groups excluding carboxylic acids is 1. The van der Waals surface area contributed by atoms with Gasteiger partial charge in [-0.3, -0.25) is 4.79 Å². The van der Waals surface area contributed by atoms with Gasteiger partial charge in [0.15, 0.2) is 0 Å². The number of para-hydroxylation sites is 1. The highest BCUT2D eigenvalue weighted by molar-refractivity contribution is 8.00.